The van der Waals surface area contributed by atoms with Gasteiger partial charge in [-0.3, -0.25) is 19.2 Å². The Morgan fingerprint density at radius 3 is 2.03 bits per heavy atom. The van der Waals surface area contributed by atoms with E-state index in [9.17, 15) is 45.5 Å². The van der Waals surface area contributed by atoms with Crippen LogP contribution in [0.1, 0.15) is 91.1 Å². The van der Waals surface area contributed by atoms with Crippen molar-refractivity contribution in [3.8, 4) is 5.75 Å². The zero-order chi connectivity index (χ0) is 41.9. The minimum Gasteiger partial charge on any atom is -0.494 e. The SMILES string of the molecule is CC(=O)CN(C(=O)c1ccc(CN2C(=O)c3cc(NC(=O)c4cc(C(F)(F)F)cc(C(F)(F)F)c4)ccc3CC2c2ccc(OCCCN(C)C)cc2)cc1)C1CC1. The van der Waals surface area contributed by atoms with Crippen LogP contribution in [0.5, 0.6) is 5.75 Å². The highest BCUT2D eigenvalue weighted by Crippen LogP contribution is 2.38. The molecule has 1 saturated carbocycles. The van der Waals surface area contributed by atoms with Gasteiger partial charge in [0.05, 0.1) is 30.3 Å². The number of ketones is 1. The van der Waals surface area contributed by atoms with Crippen molar-refractivity contribution in [3.63, 3.8) is 0 Å². The highest BCUT2D eigenvalue weighted by molar-refractivity contribution is 6.06. The number of anilines is 1. The van der Waals surface area contributed by atoms with Gasteiger partial charge < -0.3 is 24.8 Å². The van der Waals surface area contributed by atoms with Crippen molar-refractivity contribution in [2.75, 3.05) is 39.1 Å². The number of hydrogen-bond acceptors (Lipinski definition) is 6. The fourth-order valence-electron chi connectivity index (χ4n) is 6.88. The summed E-state index contributed by atoms with van der Waals surface area (Å²) in [4.78, 5) is 58.0. The Balaban J connectivity index is 1.27. The smallest absolute Gasteiger partial charge is 0.416 e. The van der Waals surface area contributed by atoms with E-state index in [1.165, 1.54) is 19.1 Å². The molecule has 1 atom stereocenters. The third kappa shape index (κ3) is 10.2. The molecule has 6 rings (SSSR count). The molecule has 0 spiro atoms. The second-order valence-corrected chi connectivity index (χ2v) is 14.9. The number of alkyl halides is 6. The maximum atomic E-state index is 14.4. The molecule has 4 aromatic carbocycles. The van der Waals surface area contributed by atoms with Crippen LogP contribution in [0.4, 0.5) is 32.0 Å². The maximum absolute atomic E-state index is 14.4. The molecule has 0 radical (unpaired) electrons. The summed E-state index contributed by atoms with van der Waals surface area (Å²) < 4.78 is 86.9. The predicted molar refractivity (Wildman–Crippen MR) is 203 cm³/mol. The van der Waals surface area contributed by atoms with E-state index in [-0.39, 0.29) is 48.1 Å². The number of rotatable bonds is 14. The van der Waals surface area contributed by atoms with Gasteiger partial charge in [-0.25, -0.2) is 0 Å². The summed E-state index contributed by atoms with van der Waals surface area (Å²) in [6, 6.07) is 18.7. The average molecular weight is 809 g/mol. The Morgan fingerprint density at radius 1 is 0.828 bits per heavy atom. The molecule has 58 heavy (non-hydrogen) atoms. The quantitative estimate of drug-likeness (QED) is 0.102. The number of carbonyl (C=O) groups excluding carboxylic acids is 4. The first-order chi connectivity index (χ1) is 27.4. The molecule has 9 nitrogen and oxygen atoms in total. The van der Waals surface area contributed by atoms with Crippen molar-refractivity contribution in [2.45, 2.75) is 63.6 Å². The first kappa shape index (κ1) is 41.9. The predicted octanol–water partition coefficient (Wildman–Crippen LogP) is 8.44. The van der Waals surface area contributed by atoms with E-state index in [0.29, 0.717) is 47.6 Å². The number of benzene rings is 4. The first-order valence-corrected chi connectivity index (χ1v) is 18.7. The highest BCUT2D eigenvalue weighted by Gasteiger charge is 2.38. The van der Waals surface area contributed by atoms with Crippen molar-refractivity contribution >= 4 is 29.2 Å². The lowest BCUT2D eigenvalue weighted by Gasteiger charge is -2.37. The summed E-state index contributed by atoms with van der Waals surface area (Å²) >= 11 is 0. The Labute approximate surface area is 331 Å². The molecule has 0 saturated heterocycles. The van der Waals surface area contributed by atoms with Gasteiger partial charge in [-0.05, 0) is 118 Å². The average Bonchev–Trinajstić information content (AvgIpc) is 4.02. The van der Waals surface area contributed by atoms with Crippen LogP contribution in [0.15, 0.2) is 84.9 Å². The van der Waals surface area contributed by atoms with Crippen molar-refractivity contribution in [1.29, 1.82) is 0 Å². The van der Waals surface area contributed by atoms with Gasteiger partial charge in [0.15, 0.2) is 0 Å². The normalized spacial score (nSPS) is 15.6. The molecular formula is C43H42F6N4O5. The van der Waals surface area contributed by atoms with Crippen LogP contribution < -0.4 is 10.1 Å². The molecule has 3 amide bonds. The van der Waals surface area contributed by atoms with E-state index in [1.54, 1.807) is 40.1 Å². The molecular weight excluding hydrogens is 766 g/mol. The Bertz CT molecular complexity index is 2130. The van der Waals surface area contributed by atoms with Gasteiger partial charge in [-0.15, -0.1) is 0 Å². The zero-order valence-corrected chi connectivity index (χ0v) is 32.0. The van der Waals surface area contributed by atoms with Crippen molar-refractivity contribution < 1.29 is 50.3 Å². The summed E-state index contributed by atoms with van der Waals surface area (Å²) in [6.45, 7) is 2.93. The number of ether oxygens (including phenoxy) is 1. The number of nitrogens with zero attached hydrogens (tertiary/aromatic N) is 3. The van der Waals surface area contributed by atoms with Crippen LogP contribution in [0, 0.1) is 0 Å². The van der Waals surface area contributed by atoms with Crippen LogP contribution in [-0.2, 0) is 30.1 Å². The monoisotopic (exact) mass is 808 g/mol. The van der Waals surface area contributed by atoms with Crippen LogP contribution in [0.25, 0.3) is 0 Å². The highest BCUT2D eigenvalue weighted by atomic mass is 19.4. The lowest BCUT2D eigenvalue weighted by molar-refractivity contribution is -0.143. The molecule has 1 N–H and O–H groups in total. The molecule has 0 bridgehead atoms. The Hall–Kier alpha value is -5.70. The van der Waals surface area contributed by atoms with E-state index in [2.05, 4.69) is 10.2 Å². The van der Waals surface area contributed by atoms with E-state index >= 15 is 0 Å². The fraction of sp³-hybridized carbons (Fsp3) is 0.349. The molecule has 0 aromatic heterocycles. The van der Waals surface area contributed by atoms with Crippen LogP contribution in [-0.4, -0.2) is 78.0 Å². The van der Waals surface area contributed by atoms with Crippen LogP contribution in [0.2, 0.25) is 0 Å². The van der Waals surface area contributed by atoms with E-state index in [0.717, 1.165) is 31.4 Å². The Morgan fingerprint density at radius 2 is 1.47 bits per heavy atom. The molecule has 15 heteroatoms. The molecule has 2 aliphatic rings. The Kier molecular flexibility index (Phi) is 12.3. The van der Waals surface area contributed by atoms with Gasteiger partial charge >= 0.3 is 12.4 Å². The molecule has 1 heterocycles. The fourth-order valence-corrected chi connectivity index (χ4v) is 6.88. The largest absolute Gasteiger partial charge is 0.494 e. The standard InChI is InChI=1S/C43H42F6N4O5/c1-26(54)24-52(35-13-14-35)40(56)29-7-5-27(6-8-29)25-53-38(28-10-15-36(16-11-28)58-18-4-17-51(2)3)21-30-9-12-34(23-37(30)41(53)57)50-39(55)31-19-32(42(44,45)46)22-33(20-31)43(47,48)49/h5-12,15-16,19-20,22-23,35,38H,4,13-14,17-18,21,24-25H2,1-3H3,(H,50,55). The first-order valence-electron chi connectivity index (χ1n) is 18.7. The van der Waals surface area contributed by atoms with Gasteiger partial charge in [-0.2, -0.15) is 26.3 Å². The molecule has 1 fully saturated rings. The molecule has 1 unspecified atom stereocenters. The lowest BCUT2D eigenvalue weighted by Crippen LogP contribution is -2.40. The van der Waals surface area contributed by atoms with E-state index < -0.39 is 46.9 Å². The maximum Gasteiger partial charge on any atom is 0.416 e. The second kappa shape index (κ2) is 17.0. The van der Waals surface area contributed by atoms with Gasteiger partial charge in [0.2, 0.25) is 0 Å². The van der Waals surface area contributed by atoms with E-state index in [1.807, 2.05) is 38.4 Å². The number of carbonyl (C=O) groups is 4. The number of halogens is 6. The third-order valence-electron chi connectivity index (χ3n) is 9.98. The number of amides is 3. The van der Waals surface area contributed by atoms with Gasteiger partial charge in [0.1, 0.15) is 11.5 Å². The zero-order valence-electron chi connectivity index (χ0n) is 32.0. The molecule has 306 valence electrons. The lowest BCUT2D eigenvalue weighted by atomic mass is 9.88. The number of Topliss-reactive ketones (excluding diaryl/α,β-unsaturated/α-hetero) is 1. The van der Waals surface area contributed by atoms with Crippen molar-refractivity contribution in [1.82, 2.24) is 14.7 Å². The van der Waals surface area contributed by atoms with Gasteiger partial charge in [0.25, 0.3) is 17.7 Å². The van der Waals surface area contributed by atoms with Gasteiger partial charge in [-0.1, -0.05) is 30.3 Å². The second-order valence-electron chi connectivity index (χ2n) is 14.9. The van der Waals surface area contributed by atoms with Crippen molar-refractivity contribution in [3.05, 3.63) is 129 Å². The minimum absolute atomic E-state index is 0.00844. The number of nitrogens with one attached hydrogen (secondary N) is 1. The third-order valence-corrected chi connectivity index (χ3v) is 9.98. The number of hydrogen-bond donors (Lipinski definition) is 1. The number of fused-ring (bicyclic) bond motifs is 1. The molecule has 1 aliphatic heterocycles. The minimum atomic E-state index is -5.14. The van der Waals surface area contributed by atoms with Gasteiger partial charge in [0, 0.05) is 41.5 Å². The van der Waals surface area contributed by atoms with E-state index in [4.69, 9.17) is 4.74 Å². The summed E-state index contributed by atoms with van der Waals surface area (Å²) in [5.41, 5.74) is -1.44. The molecule has 4 aromatic rings. The van der Waals surface area contributed by atoms with Crippen LogP contribution >= 0.6 is 0 Å². The van der Waals surface area contributed by atoms with Crippen LogP contribution in [0.3, 0.4) is 0 Å². The summed E-state index contributed by atoms with van der Waals surface area (Å²) in [5, 5.41) is 2.36. The topological polar surface area (TPSA) is 99.3 Å². The summed E-state index contributed by atoms with van der Waals surface area (Å²) in [6.07, 6.45) is -7.47. The van der Waals surface area contributed by atoms with Crippen molar-refractivity contribution in [2.24, 2.45) is 0 Å². The molecule has 1 aliphatic carbocycles. The summed E-state index contributed by atoms with van der Waals surface area (Å²) in [5.74, 6) is -1.39. The summed E-state index contributed by atoms with van der Waals surface area (Å²) in [7, 11) is 3.95.